The molecule has 0 aliphatic rings. The number of carbonyl (C=O) groups excluding carboxylic acids is 1. The first-order valence-corrected chi connectivity index (χ1v) is 12.1. The molecule has 8 nitrogen and oxygen atoms in total. The van der Waals surface area contributed by atoms with Crippen LogP contribution in [-0.4, -0.2) is 54.5 Å². The molecule has 0 saturated carbocycles. The second-order valence-electron chi connectivity index (χ2n) is 7.21. The smallest absolute Gasteiger partial charge is 0.306 e. The minimum Gasteiger partial charge on any atom is -0.490 e. The molecule has 0 fully saturated rings. The minimum atomic E-state index is -3.56. The molecule has 0 radical (unpaired) electrons. The molecular formula is C23H29N3O5S. The van der Waals surface area contributed by atoms with Crippen LogP contribution in [0.25, 0.3) is 11.0 Å². The highest BCUT2D eigenvalue weighted by Crippen LogP contribution is 2.23. The number of para-hydroxylation sites is 1. The van der Waals surface area contributed by atoms with E-state index < -0.39 is 10.0 Å². The number of rotatable bonds is 11. The molecule has 0 atom stereocenters. The van der Waals surface area contributed by atoms with E-state index in [1.165, 1.54) is 4.31 Å². The monoisotopic (exact) mass is 459 g/mol. The van der Waals surface area contributed by atoms with Crippen molar-refractivity contribution in [3.8, 4) is 5.75 Å². The van der Waals surface area contributed by atoms with E-state index in [4.69, 9.17) is 9.47 Å². The van der Waals surface area contributed by atoms with Gasteiger partial charge in [0, 0.05) is 26.6 Å². The SMILES string of the molecule is CCN(CC)S(=O)(=O)c1ccc2c(c1)nc(CCC(=O)OCCOc1ccccc1)n2C. The number of sulfonamides is 1. The first-order chi connectivity index (χ1) is 15.4. The number of benzene rings is 2. The van der Waals surface area contributed by atoms with Crippen LogP contribution in [0.3, 0.4) is 0 Å². The molecule has 2 aromatic carbocycles. The third-order valence-electron chi connectivity index (χ3n) is 5.20. The first-order valence-electron chi connectivity index (χ1n) is 10.7. The number of carbonyl (C=O) groups is 1. The van der Waals surface area contributed by atoms with Gasteiger partial charge in [0.15, 0.2) is 0 Å². The molecule has 1 heterocycles. The van der Waals surface area contributed by atoms with E-state index in [2.05, 4.69) is 4.98 Å². The highest BCUT2D eigenvalue weighted by Gasteiger charge is 2.22. The lowest BCUT2D eigenvalue weighted by Crippen LogP contribution is -2.30. The molecule has 0 saturated heterocycles. The molecule has 0 bridgehead atoms. The quantitative estimate of drug-likeness (QED) is 0.323. The van der Waals surface area contributed by atoms with Crippen molar-refractivity contribution in [3.05, 3.63) is 54.4 Å². The summed E-state index contributed by atoms with van der Waals surface area (Å²) < 4.78 is 39.6. The summed E-state index contributed by atoms with van der Waals surface area (Å²) in [4.78, 5) is 16.9. The molecule has 1 aromatic heterocycles. The Morgan fingerprint density at radius 1 is 1.06 bits per heavy atom. The van der Waals surface area contributed by atoms with Crippen molar-refractivity contribution in [2.24, 2.45) is 7.05 Å². The van der Waals surface area contributed by atoms with Crippen LogP contribution in [-0.2, 0) is 33.0 Å². The summed E-state index contributed by atoms with van der Waals surface area (Å²) in [6, 6.07) is 14.3. The average molecular weight is 460 g/mol. The predicted octanol–water partition coefficient (Wildman–Crippen LogP) is 3.16. The van der Waals surface area contributed by atoms with E-state index in [1.807, 2.05) is 55.8 Å². The highest BCUT2D eigenvalue weighted by molar-refractivity contribution is 7.89. The number of esters is 1. The fraction of sp³-hybridized carbons (Fsp3) is 0.391. The largest absolute Gasteiger partial charge is 0.490 e. The number of aryl methyl sites for hydroxylation is 2. The van der Waals surface area contributed by atoms with Crippen LogP contribution in [0.15, 0.2) is 53.4 Å². The van der Waals surface area contributed by atoms with Crippen molar-refractivity contribution in [2.45, 2.75) is 31.6 Å². The lowest BCUT2D eigenvalue weighted by Gasteiger charge is -2.18. The Morgan fingerprint density at radius 3 is 2.47 bits per heavy atom. The van der Waals surface area contributed by atoms with Gasteiger partial charge in [-0.3, -0.25) is 4.79 Å². The van der Waals surface area contributed by atoms with Crippen LogP contribution >= 0.6 is 0 Å². The molecule has 9 heteroatoms. The van der Waals surface area contributed by atoms with Crippen LogP contribution in [0, 0.1) is 0 Å². The summed E-state index contributed by atoms with van der Waals surface area (Å²) in [5.41, 5.74) is 1.39. The maximum absolute atomic E-state index is 12.8. The van der Waals surface area contributed by atoms with Gasteiger partial charge < -0.3 is 14.0 Å². The summed E-state index contributed by atoms with van der Waals surface area (Å²) in [5.74, 6) is 1.08. The Morgan fingerprint density at radius 2 is 1.78 bits per heavy atom. The topological polar surface area (TPSA) is 90.7 Å². The highest BCUT2D eigenvalue weighted by atomic mass is 32.2. The first kappa shape index (κ1) is 23.7. The maximum atomic E-state index is 12.8. The molecule has 0 aliphatic carbocycles. The summed E-state index contributed by atoms with van der Waals surface area (Å²) in [6.45, 7) is 4.89. The fourth-order valence-electron chi connectivity index (χ4n) is 3.44. The third-order valence-corrected chi connectivity index (χ3v) is 7.25. The van der Waals surface area contributed by atoms with Gasteiger partial charge in [0.2, 0.25) is 10.0 Å². The van der Waals surface area contributed by atoms with Gasteiger partial charge in [-0.25, -0.2) is 13.4 Å². The van der Waals surface area contributed by atoms with Crippen molar-refractivity contribution in [2.75, 3.05) is 26.3 Å². The zero-order chi connectivity index (χ0) is 23.1. The molecule has 32 heavy (non-hydrogen) atoms. The summed E-state index contributed by atoms with van der Waals surface area (Å²) in [5, 5.41) is 0. The van der Waals surface area contributed by atoms with E-state index >= 15 is 0 Å². The van der Waals surface area contributed by atoms with Crippen molar-refractivity contribution >= 4 is 27.0 Å². The molecule has 0 aliphatic heterocycles. The van der Waals surface area contributed by atoms with Crippen molar-refractivity contribution < 1.29 is 22.7 Å². The standard InChI is InChI=1S/C23H29N3O5S/c1-4-26(5-2)32(28,29)19-11-12-21-20(17-19)24-22(25(21)3)13-14-23(27)31-16-15-30-18-9-7-6-8-10-18/h6-12,17H,4-5,13-16H2,1-3H3. The number of hydrogen-bond donors (Lipinski definition) is 0. The lowest BCUT2D eigenvalue weighted by molar-refractivity contribution is -0.144. The van der Waals surface area contributed by atoms with Gasteiger partial charge in [-0.15, -0.1) is 0 Å². The molecule has 0 amide bonds. The minimum absolute atomic E-state index is 0.169. The van der Waals surface area contributed by atoms with Crippen LogP contribution in [0.2, 0.25) is 0 Å². The van der Waals surface area contributed by atoms with Crippen LogP contribution in [0.4, 0.5) is 0 Å². The van der Waals surface area contributed by atoms with E-state index in [9.17, 15) is 13.2 Å². The molecular weight excluding hydrogens is 430 g/mol. The van der Waals surface area contributed by atoms with E-state index in [0.29, 0.717) is 30.9 Å². The van der Waals surface area contributed by atoms with Gasteiger partial charge in [-0.2, -0.15) is 4.31 Å². The molecule has 172 valence electrons. The summed E-state index contributed by atoms with van der Waals surface area (Å²) in [6.07, 6.45) is 0.564. The van der Waals surface area contributed by atoms with Gasteiger partial charge in [-0.1, -0.05) is 32.0 Å². The van der Waals surface area contributed by atoms with E-state index in [0.717, 1.165) is 11.3 Å². The van der Waals surface area contributed by atoms with Gasteiger partial charge in [-0.05, 0) is 30.3 Å². The van der Waals surface area contributed by atoms with Crippen LogP contribution in [0.1, 0.15) is 26.1 Å². The Kier molecular flexibility index (Phi) is 7.87. The van der Waals surface area contributed by atoms with Gasteiger partial charge >= 0.3 is 5.97 Å². The normalized spacial score (nSPS) is 11.8. The average Bonchev–Trinajstić information content (AvgIpc) is 3.11. The number of nitrogens with zero attached hydrogens (tertiary/aromatic N) is 3. The van der Waals surface area contributed by atoms with Crippen molar-refractivity contribution in [3.63, 3.8) is 0 Å². The Bertz CT molecular complexity index is 1160. The maximum Gasteiger partial charge on any atom is 0.306 e. The summed E-state index contributed by atoms with van der Waals surface area (Å²) in [7, 11) is -1.71. The Balaban J connectivity index is 1.59. The number of ether oxygens (including phenoxy) is 2. The second kappa shape index (κ2) is 10.6. The van der Waals surface area contributed by atoms with Gasteiger partial charge in [0.1, 0.15) is 24.8 Å². The molecule has 0 spiro atoms. The molecule has 0 N–H and O–H groups in total. The molecule has 3 aromatic rings. The second-order valence-corrected chi connectivity index (χ2v) is 9.15. The number of imidazole rings is 1. The van der Waals surface area contributed by atoms with Gasteiger partial charge in [0.05, 0.1) is 22.3 Å². The Labute approximate surface area is 188 Å². The molecule has 0 unspecified atom stereocenters. The van der Waals surface area contributed by atoms with E-state index in [1.54, 1.807) is 18.2 Å². The van der Waals surface area contributed by atoms with Crippen molar-refractivity contribution in [1.29, 1.82) is 0 Å². The number of aromatic nitrogens is 2. The zero-order valence-electron chi connectivity index (χ0n) is 18.7. The third kappa shape index (κ3) is 5.46. The van der Waals surface area contributed by atoms with Crippen LogP contribution in [0.5, 0.6) is 5.75 Å². The van der Waals surface area contributed by atoms with Crippen LogP contribution < -0.4 is 4.74 Å². The number of hydrogen-bond acceptors (Lipinski definition) is 6. The van der Waals surface area contributed by atoms with Crippen molar-refractivity contribution in [1.82, 2.24) is 13.9 Å². The predicted molar refractivity (Wildman–Crippen MR) is 122 cm³/mol. The fourth-order valence-corrected chi connectivity index (χ4v) is 4.92. The Hall–Kier alpha value is -2.91. The number of fused-ring (bicyclic) bond motifs is 1. The lowest BCUT2D eigenvalue weighted by atomic mass is 10.3. The summed E-state index contributed by atoms with van der Waals surface area (Å²) >= 11 is 0. The van der Waals surface area contributed by atoms with Gasteiger partial charge in [0.25, 0.3) is 0 Å². The zero-order valence-corrected chi connectivity index (χ0v) is 19.5. The van der Waals surface area contributed by atoms with E-state index in [-0.39, 0.29) is 30.5 Å². The molecule has 3 rings (SSSR count).